The van der Waals surface area contributed by atoms with Gasteiger partial charge in [0, 0.05) is 19.5 Å². The molecule has 0 unspecified atom stereocenters. The van der Waals surface area contributed by atoms with Crippen LogP contribution in [0.5, 0.6) is 11.5 Å². The Morgan fingerprint density at radius 2 is 1.66 bits per heavy atom. The van der Waals surface area contributed by atoms with E-state index in [0.717, 1.165) is 17.5 Å². The molecule has 6 nitrogen and oxygen atoms in total. The highest BCUT2D eigenvalue weighted by Gasteiger charge is 2.30. The van der Waals surface area contributed by atoms with E-state index in [-0.39, 0.29) is 30.8 Å². The summed E-state index contributed by atoms with van der Waals surface area (Å²) in [7, 11) is 1.58. The van der Waals surface area contributed by atoms with Gasteiger partial charge in [-0.25, -0.2) is 4.39 Å². The first-order valence-electron chi connectivity index (χ1n) is 11.6. The number of halogens is 1. The van der Waals surface area contributed by atoms with Gasteiger partial charge >= 0.3 is 0 Å². The zero-order valence-corrected chi connectivity index (χ0v) is 20.1. The molecular weight excluding hydrogens is 447 g/mol. The second kappa shape index (κ2) is 13.1. The summed E-state index contributed by atoms with van der Waals surface area (Å²) in [6.07, 6.45) is 1.13. The van der Waals surface area contributed by atoms with E-state index in [1.165, 1.54) is 29.2 Å². The molecule has 1 atom stereocenters. The van der Waals surface area contributed by atoms with Crippen LogP contribution in [0, 0.1) is 5.82 Å². The average molecular weight is 479 g/mol. The van der Waals surface area contributed by atoms with Crippen LogP contribution in [0.3, 0.4) is 0 Å². The van der Waals surface area contributed by atoms with E-state index in [2.05, 4.69) is 5.32 Å². The lowest BCUT2D eigenvalue weighted by Crippen LogP contribution is -2.51. The normalized spacial score (nSPS) is 11.4. The molecule has 0 radical (unpaired) electrons. The van der Waals surface area contributed by atoms with Crippen LogP contribution in [0.1, 0.15) is 24.5 Å². The van der Waals surface area contributed by atoms with Crippen molar-refractivity contribution in [1.29, 1.82) is 0 Å². The summed E-state index contributed by atoms with van der Waals surface area (Å²) in [5, 5.41) is 2.94. The summed E-state index contributed by atoms with van der Waals surface area (Å²) in [6.45, 7) is 2.39. The summed E-state index contributed by atoms with van der Waals surface area (Å²) in [4.78, 5) is 28.3. The van der Waals surface area contributed by atoms with Gasteiger partial charge < -0.3 is 19.7 Å². The third kappa shape index (κ3) is 7.84. The van der Waals surface area contributed by atoms with Gasteiger partial charge in [-0.15, -0.1) is 0 Å². The van der Waals surface area contributed by atoms with Crippen molar-refractivity contribution in [1.82, 2.24) is 10.2 Å². The lowest BCUT2D eigenvalue weighted by molar-refractivity contribution is -0.142. The van der Waals surface area contributed by atoms with Gasteiger partial charge in [0.25, 0.3) is 5.91 Å². The molecule has 0 aliphatic rings. The first kappa shape index (κ1) is 25.7. The third-order valence-electron chi connectivity index (χ3n) is 5.48. The summed E-state index contributed by atoms with van der Waals surface area (Å²) in [6, 6.07) is 21.7. The van der Waals surface area contributed by atoms with Gasteiger partial charge in [-0.1, -0.05) is 49.4 Å². The molecular formula is C28H31FN2O4. The van der Waals surface area contributed by atoms with E-state index in [4.69, 9.17) is 9.47 Å². The Bertz CT molecular complexity index is 1090. The van der Waals surface area contributed by atoms with Gasteiger partial charge in [-0.3, -0.25) is 9.59 Å². The zero-order chi connectivity index (χ0) is 25.0. The SMILES string of the molecule is CCCNC(=O)[C@H](Cc1ccccc1)N(Cc1cccc(OC)c1)C(=O)COc1ccc(F)cc1. The monoisotopic (exact) mass is 478 g/mol. The van der Waals surface area contributed by atoms with Crippen LogP contribution in [0.25, 0.3) is 0 Å². The van der Waals surface area contributed by atoms with Crippen molar-refractivity contribution in [2.45, 2.75) is 32.4 Å². The first-order chi connectivity index (χ1) is 17.0. The van der Waals surface area contributed by atoms with E-state index >= 15 is 0 Å². The van der Waals surface area contributed by atoms with Gasteiger partial charge in [0.1, 0.15) is 23.4 Å². The number of methoxy groups -OCH3 is 1. The lowest BCUT2D eigenvalue weighted by Gasteiger charge is -2.31. The third-order valence-corrected chi connectivity index (χ3v) is 5.48. The van der Waals surface area contributed by atoms with Crippen LogP contribution in [-0.4, -0.2) is 43.0 Å². The van der Waals surface area contributed by atoms with Crippen LogP contribution in [-0.2, 0) is 22.6 Å². The standard InChI is InChI=1S/C28H31FN2O4/c1-3-16-30-28(33)26(18-21-8-5-4-6-9-21)31(19-22-10-7-11-25(17-22)34-2)27(32)20-35-24-14-12-23(29)13-15-24/h4-15,17,26H,3,16,18-20H2,1-2H3,(H,30,33)/t26-/m0/s1. The maximum absolute atomic E-state index is 13.5. The minimum atomic E-state index is -0.750. The molecule has 0 aromatic heterocycles. The van der Waals surface area contributed by atoms with Gasteiger partial charge in [-0.05, 0) is 53.9 Å². The average Bonchev–Trinajstić information content (AvgIpc) is 2.89. The van der Waals surface area contributed by atoms with Crippen molar-refractivity contribution in [2.24, 2.45) is 0 Å². The van der Waals surface area contributed by atoms with Crippen LogP contribution < -0.4 is 14.8 Å². The van der Waals surface area contributed by atoms with E-state index in [9.17, 15) is 14.0 Å². The van der Waals surface area contributed by atoms with Crippen molar-refractivity contribution in [3.63, 3.8) is 0 Å². The lowest BCUT2D eigenvalue weighted by atomic mass is 10.0. The second-order valence-electron chi connectivity index (χ2n) is 8.11. The number of nitrogens with zero attached hydrogens (tertiary/aromatic N) is 1. The van der Waals surface area contributed by atoms with Crippen molar-refractivity contribution < 1.29 is 23.5 Å². The Labute approximate surface area is 205 Å². The number of hydrogen-bond acceptors (Lipinski definition) is 4. The fourth-order valence-electron chi connectivity index (χ4n) is 3.65. The molecule has 0 saturated carbocycles. The quantitative estimate of drug-likeness (QED) is 0.420. The smallest absolute Gasteiger partial charge is 0.261 e. The number of nitrogens with one attached hydrogen (secondary N) is 1. The molecule has 0 spiro atoms. The Morgan fingerprint density at radius 1 is 0.943 bits per heavy atom. The molecule has 0 aliphatic heterocycles. The molecule has 184 valence electrons. The fourth-order valence-corrected chi connectivity index (χ4v) is 3.65. The number of benzene rings is 3. The molecule has 0 saturated heterocycles. The molecule has 1 N–H and O–H groups in total. The summed E-state index contributed by atoms with van der Waals surface area (Å²) in [5.74, 6) is 0.0564. The highest BCUT2D eigenvalue weighted by Crippen LogP contribution is 2.19. The molecule has 7 heteroatoms. The first-order valence-corrected chi connectivity index (χ1v) is 11.6. The van der Waals surface area contributed by atoms with E-state index in [0.29, 0.717) is 24.5 Å². The highest BCUT2D eigenvalue weighted by atomic mass is 19.1. The van der Waals surface area contributed by atoms with Crippen molar-refractivity contribution >= 4 is 11.8 Å². The van der Waals surface area contributed by atoms with Crippen LogP contribution in [0.15, 0.2) is 78.9 Å². The van der Waals surface area contributed by atoms with E-state index in [1.54, 1.807) is 7.11 Å². The van der Waals surface area contributed by atoms with Crippen LogP contribution >= 0.6 is 0 Å². The highest BCUT2D eigenvalue weighted by molar-refractivity contribution is 5.88. The molecule has 35 heavy (non-hydrogen) atoms. The number of carbonyl (C=O) groups is 2. The predicted octanol–water partition coefficient (Wildman–Crippen LogP) is 4.38. The zero-order valence-electron chi connectivity index (χ0n) is 20.1. The van der Waals surface area contributed by atoms with Gasteiger partial charge in [-0.2, -0.15) is 0 Å². The second-order valence-corrected chi connectivity index (χ2v) is 8.11. The number of rotatable bonds is 12. The van der Waals surface area contributed by atoms with Crippen molar-refractivity contribution in [3.8, 4) is 11.5 Å². The van der Waals surface area contributed by atoms with Crippen molar-refractivity contribution in [3.05, 3.63) is 95.8 Å². The topological polar surface area (TPSA) is 67.9 Å². The minimum Gasteiger partial charge on any atom is -0.497 e. The maximum atomic E-state index is 13.5. The number of carbonyl (C=O) groups excluding carboxylic acids is 2. The molecule has 3 aromatic rings. The Hall–Kier alpha value is -3.87. The summed E-state index contributed by atoms with van der Waals surface area (Å²) >= 11 is 0. The van der Waals surface area contributed by atoms with Gasteiger partial charge in [0.15, 0.2) is 6.61 Å². The molecule has 3 aromatic carbocycles. The minimum absolute atomic E-state index is 0.194. The van der Waals surface area contributed by atoms with Crippen LogP contribution in [0.4, 0.5) is 4.39 Å². The molecule has 0 fully saturated rings. The molecule has 3 rings (SSSR count). The van der Waals surface area contributed by atoms with Gasteiger partial charge in [0.2, 0.25) is 5.91 Å². The Morgan fingerprint density at radius 3 is 2.34 bits per heavy atom. The molecule has 0 bridgehead atoms. The van der Waals surface area contributed by atoms with Crippen molar-refractivity contribution in [2.75, 3.05) is 20.3 Å². The fraction of sp³-hybridized carbons (Fsp3) is 0.286. The Balaban J connectivity index is 1.89. The largest absolute Gasteiger partial charge is 0.497 e. The maximum Gasteiger partial charge on any atom is 0.261 e. The molecule has 2 amide bonds. The van der Waals surface area contributed by atoms with Gasteiger partial charge in [0.05, 0.1) is 7.11 Å². The molecule has 0 aliphatic carbocycles. The summed E-state index contributed by atoms with van der Waals surface area (Å²) < 4.78 is 24.2. The predicted molar refractivity (Wildman–Crippen MR) is 133 cm³/mol. The molecule has 0 heterocycles. The van der Waals surface area contributed by atoms with Crippen LogP contribution in [0.2, 0.25) is 0 Å². The van der Waals surface area contributed by atoms with E-state index in [1.807, 2.05) is 61.5 Å². The number of amides is 2. The Kier molecular flexibility index (Phi) is 9.66. The summed E-state index contributed by atoms with van der Waals surface area (Å²) in [5.41, 5.74) is 1.76. The van der Waals surface area contributed by atoms with E-state index < -0.39 is 6.04 Å². The number of ether oxygens (including phenoxy) is 2. The number of hydrogen-bond donors (Lipinski definition) is 1.